The molecule has 3 rings (SSSR count). The average Bonchev–Trinajstić information content (AvgIpc) is 3.23. The van der Waals surface area contributed by atoms with Crippen LogP contribution in [0.3, 0.4) is 0 Å². The lowest BCUT2D eigenvalue weighted by Gasteiger charge is -2.08. The van der Waals surface area contributed by atoms with Gasteiger partial charge < -0.3 is 15.2 Å². The Morgan fingerprint density at radius 3 is 2.87 bits per heavy atom. The van der Waals surface area contributed by atoms with Crippen LogP contribution in [0.4, 0.5) is 0 Å². The van der Waals surface area contributed by atoms with E-state index in [9.17, 15) is 4.79 Å². The third-order valence-electron chi connectivity index (χ3n) is 3.78. The number of aryl methyl sites for hydroxylation is 2. The Balaban J connectivity index is 0.00000192. The molecule has 0 aliphatic carbocycles. The highest BCUT2D eigenvalue weighted by molar-refractivity contribution is 5.85. The molecule has 0 bridgehead atoms. The van der Waals surface area contributed by atoms with Gasteiger partial charge in [0.15, 0.2) is 5.82 Å². The molecule has 2 aromatic rings. The Labute approximate surface area is 141 Å². The first-order chi connectivity index (χ1) is 10.8. The van der Waals surface area contributed by atoms with Crippen LogP contribution in [-0.2, 0) is 24.2 Å². The maximum Gasteiger partial charge on any atom is 0.246 e. The van der Waals surface area contributed by atoms with Crippen LogP contribution in [0.1, 0.15) is 30.1 Å². The largest absolute Gasteiger partial charge is 0.346 e. The van der Waals surface area contributed by atoms with Crippen molar-refractivity contribution in [2.24, 2.45) is 0 Å². The molecule has 23 heavy (non-hydrogen) atoms. The summed E-state index contributed by atoms with van der Waals surface area (Å²) in [5, 5.41) is 9.94. The topological polar surface area (TPSA) is 80.1 Å². The Morgan fingerprint density at radius 2 is 2.13 bits per heavy atom. The number of halogens is 1. The summed E-state index contributed by atoms with van der Waals surface area (Å²) in [5.74, 6) is 1.13. The van der Waals surface area contributed by atoms with Crippen molar-refractivity contribution in [3.8, 4) is 0 Å². The van der Waals surface area contributed by atoms with E-state index in [0.29, 0.717) is 11.7 Å². The molecule has 1 aliphatic heterocycles. The second kappa shape index (κ2) is 8.64. The second-order valence-corrected chi connectivity index (χ2v) is 5.46. The molecule has 6 nitrogen and oxygen atoms in total. The van der Waals surface area contributed by atoms with Crippen molar-refractivity contribution in [3.63, 3.8) is 0 Å². The molecule has 1 atom stereocenters. The third-order valence-corrected chi connectivity index (χ3v) is 3.78. The summed E-state index contributed by atoms with van der Waals surface area (Å²) in [6.45, 7) is 1.19. The highest BCUT2D eigenvalue weighted by Crippen LogP contribution is 2.07. The normalized spacial score (nSPS) is 16.8. The molecule has 1 aromatic carbocycles. The van der Waals surface area contributed by atoms with E-state index in [1.165, 1.54) is 5.56 Å². The summed E-state index contributed by atoms with van der Waals surface area (Å²) >= 11 is 0. The molecule has 2 N–H and O–H groups in total. The van der Waals surface area contributed by atoms with Crippen molar-refractivity contribution in [1.29, 1.82) is 0 Å². The minimum absolute atomic E-state index is 0. The van der Waals surface area contributed by atoms with Crippen LogP contribution in [0.25, 0.3) is 0 Å². The molecule has 0 saturated carbocycles. The predicted octanol–water partition coefficient (Wildman–Crippen LogP) is 1.64. The Bertz CT molecular complexity index is 612. The lowest BCUT2D eigenvalue weighted by molar-refractivity contribution is -0.123. The van der Waals surface area contributed by atoms with E-state index in [1.807, 2.05) is 18.2 Å². The van der Waals surface area contributed by atoms with E-state index >= 15 is 0 Å². The molecule has 2 heterocycles. The van der Waals surface area contributed by atoms with Gasteiger partial charge in [-0.25, -0.2) is 0 Å². The molecule has 1 unspecified atom stereocenters. The minimum Gasteiger partial charge on any atom is -0.346 e. The van der Waals surface area contributed by atoms with Crippen LogP contribution in [0.2, 0.25) is 0 Å². The molecular weight excluding hydrogens is 316 g/mol. The zero-order valence-electron chi connectivity index (χ0n) is 12.8. The van der Waals surface area contributed by atoms with Crippen LogP contribution < -0.4 is 10.6 Å². The zero-order chi connectivity index (χ0) is 15.2. The maximum absolute atomic E-state index is 11.9. The summed E-state index contributed by atoms with van der Waals surface area (Å²) in [4.78, 5) is 16.2. The van der Waals surface area contributed by atoms with Gasteiger partial charge >= 0.3 is 0 Å². The molecule has 0 spiro atoms. The van der Waals surface area contributed by atoms with Crippen molar-refractivity contribution in [2.75, 3.05) is 6.54 Å². The number of aromatic nitrogens is 2. The van der Waals surface area contributed by atoms with Crippen molar-refractivity contribution in [3.05, 3.63) is 47.6 Å². The first-order valence-electron chi connectivity index (χ1n) is 7.68. The summed E-state index contributed by atoms with van der Waals surface area (Å²) in [7, 11) is 0. The van der Waals surface area contributed by atoms with Crippen molar-refractivity contribution in [2.45, 2.75) is 38.3 Å². The van der Waals surface area contributed by atoms with Gasteiger partial charge in [-0.1, -0.05) is 35.5 Å². The van der Waals surface area contributed by atoms with Gasteiger partial charge in [0, 0.05) is 6.42 Å². The highest BCUT2D eigenvalue weighted by Gasteiger charge is 2.22. The number of hydrogen-bond acceptors (Lipinski definition) is 5. The van der Waals surface area contributed by atoms with E-state index < -0.39 is 0 Å². The smallest absolute Gasteiger partial charge is 0.246 e. The van der Waals surface area contributed by atoms with E-state index in [-0.39, 0.29) is 30.9 Å². The molecule has 1 fully saturated rings. The third kappa shape index (κ3) is 5.04. The number of amides is 1. The van der Waals surface area contributed by atoms with Crippen molar-refractivity contribution < 1.29 is 9.32 Å². The van der Waals surface area contributed by atoms with Crippen LogP contribution in [0.15, 0.2) is 34.9 Å². The van der Waals surface area contributed by atoms with Crippen LogP contribution in [0.5, 0.6) is 0 Å². The number of carbonyl (C=O) groups is 1. The molecule has 7 heteroatoms. The summed E-state index contributed by atoms with van der Waals surface area (Å²) in [5.41, 5.74) is 1.24. The van der Waals surface area contributed by atoms with E-state index in [2.05, 4.69) is 32.9 Å². The number of rotatable bonds is 6. The Hall–Kier alpha value is -1.92. The summed E-state index contributed by atoms with van der Waals surface area (Å²) in [6.07, 6.45) is 3.53. The van der Waals surface area contributed by atoms with Gasteiger partial charge in [-0.05, 0) is 31.4 Å². The molecular formula is C16H21ClN4O2. The van der Waals surface area contributed by atoms with Gasteiger partial charge in [0.05, 0.1) is 12.6 Å². The molecule has 124 valence electrons. The van der Waals surface area contributed by atoms with Gasteiger partial charge in [0.2, 0.25) is 11.8 Å². The average molecular weight is 337 g/mol. The van der Waals surface area contributed by atoms with Gasteiger partial charge in [-0.2, -0.15) is 4.98 Å². The van der Waals surface area contributed by atoms with Gasteiger partial charge in [0.1, 0.15) is 0 Å². The Kier molecular flexibility index (Phi) is 6.55. The minimum atomic E-state index is -0.0829. The number of nitrogens with one attached hydrogen (secondary N) is 2. The molecule has 1 amide bonds. The fourth-order valence-corrected chi connectivity index (χ4v) is 2.56. The van der Waals surface area contributed by atoms with E-state index in [1.54, 1.807) is 0 Å². The SMILES string of the molecule is Cl.O=C(NCc1nc(CCc2ccccc2)no1)C1CCCN1. The lowest BCUT2D eigenvalue weighted by Crippen LogP contribution is -2.40. The quantitative estimate of drug-likeness (QED) is 0.838. The van der Waals surface area contributed by atoms with E-state index in [0.717, 1.165) is 32.2 Å². The number of benzene rings is 1. The van der Waals surface area contributed by atoms with E-state index in [4.69, 9.17) is 4.52 Å². The van der Waals surface area contributed by atoms with Crippen LogP contribution in [0, 0.1) is 0 Å². The monoisotopic (exact) mass is 336 g/mol. The molecule has 1 aliphatic rings. The van der Waals surface area contributed by atoms with Crippen molar-refractivity contribution in [1.82, 2.24) is 20.8 Å². The molecule has 1 aromatic heterocycles. The summed E-state index contributed by atoms with van der Waals surface area (Å²) in [6, 6.07) is 10.1. The number of nitrogens with zero attached hydrogens (tertiary/aromatic N) is 2. The Morgan fingerprint density at radius 1 is 1.30 bits per heavy atom. The van der Waals surface area contributed by atoms with Crippen LogP contribution >= 0.6 is 12.4 Å². The second-order valence-electron chi connectivity index (χ2n) is 5.46. The number of hydrogen-bond donors (Lipinski definition) is 2. The van der Waals surface area contributed by atoms with Gasteiger partial charge in [-0.15, -0.1) is 12.4 Å². The maximum atomic E-state index is 11.9. The highest BCUT2D eigenvalue weighted by atomic mass is 35.5. The summed E-state index contributed by atoms with van der Waals surface area (Å²) < 4.78 is 5.17. The zero-order valence-corrected chi connectivity index (χ0v) is 13.6. The van der Waals surface area contributed by atoms with Crippen LogP contribution in [-0.4, -0.2) is 28.6 Å². The first kappa shape index (κ1) is 17.4. The fraction of sp³-hybridized carbons (Fsp3) is 0.438. The van der Waals surface area contributed by atoms with Gasteiger partial charge in [0.25, 0.3) is 0 Å². The van der Waals surface area contributed by atoms with Crippen molar-refractivity contribution >= 4 is 18.3 Å². The predicted molar refractivity (Wildman–Crippen MR) is 88.3 cm³/mol. The standard InChI is InChI=1S/C16H20N4O2.ClH/c21-16(13-7-4-10-17-13)18-11-15-19-14(20-22-15)9-8-12-5-2-1-3-6-12;/h1-3,5-6,13,17H,4,7-11H2,(H,18,21);1H. The molecule has 0 radical (unpaired) electrons. The molecule has 1 saturated heterocycles. The number of carbonyl (C=O) groups excluding carboxylic acids is 1. The first-order valence-corrected chi connectivity index (χ1v) is 7.68. The van der Waals surface area contributed by atoms with Gasteiger partial charge in [-0.3, -0.25) is 4.79 Å². The lowest BCUT2D eigenvalue weighted by atomic mass is 10.1. The fourth-order valence-electron chi connectivity index (χ4n) is 2.56.